The van der Waals surface area contributed by atoms with E-state index < -0.39 is 6.10 Å². The van der Waals surface area contributed by atoms with Crippen LogP contribution in [0.25, 0.3) is 0 Å². The van der Waals surface area contributed by atoms with Crippen LogP contribution in [0.5, 0.6) is 0 Å². The van der Waals surface area contributed by atoms with Gasteiger partial charge in [-0.15, -0.1) is 0 Å². The molecule has 0 fully saturated rings. The van der Waals surface area contributed by atoms with Gasteiger partial charge < -0.3 is 14.2 Å². The molecule has 0 amide bonds. The molecule has 6 heteroatoms. The standard InChI is InChI=1S/C57H100O6/c1-4-7-10-13-16-19-22-25-27-28-30-32-35-38-41-44-47-50-56(59)62-53-54(52-61-55(58)49-46-43-40-37-34-31-24-21-18-15-12-9-6-3)63-57(60)51-48-45-42-39-36-33-29-26-23-20-17-14-11-8-5-2/h7,10,16,19,25,27,30,32,38,41,54H,4-6,8-9,11-15,17-18,20-24,26,28-29,31,33-37,39-40,42-53H2,1-3H3/b10-7+,19-16+,27-25+,32-30+,41-38+/t54-/m1/s1. The van der Waals surface area contributed by atoms with Gasteiger partial charge in [-0.25, -0.2) is 0 Å². The van der Waals surface area contributed by atoms with Crippen LogP contribution < -0.4 is 0 Å². The Kier molecular flexibility index (Phi) is 49.4. The van der Waals surface area contributed by atoms with Crippen molar-refractivity contribution in [2.75, 3.05) is 13.2 Å². The molecular formula is C57H100O6. The summed E-state index contributed by atoms with van der Waals surface area (Å²) in [5.74, 6) is -0.939. The molecule has 0 saturated carbocycles. The van der Waals surface area contributed by atoms with Crippen molar-refractivity contribution in [2.45, 2.75) is 271 Å². The molecule has 364 valence electrons. The largest absolute Gasteiger partial charge is 0.462 e. The minimum absolute atomic E-state index is 0.0881. The van der Waals surface area contributed by atoms with Crippen molar-refractivity contribution in [3.8, 4) is 0 Å². The Bertz CT molecular complexity index is 1150. The first-order chi connectivity index (χ1) is 31.0. The van der Waals surface area contributed by atoms with Gasteiger partial charge in [0.15, 0.2) is 6.10 Å². The molecule has 0 aliphatic carbocycles. The zero-order valence-electron chi connectivity index (χ0n) is 41.6. The van der Waals surface area contributed by atoms with Crippen LogP contribution >= 0.6 is 0 Å². The zero-order valence-corrected chi connectivity index (χ0v) is 41.6. The Morgan fingerprint density at radius 1 is 0.333 bits per heavy atom. The number of allylic oxidation sites excluding steroid dienone is 10. The van der Waals surface area contributed by atoms with Crippen LogP contribution in [0.1, 0.15) is 265 Å². The monoisotopic (exact) mass is 881 g/mol. The topological polar surface area (TPSA) is 78.9 Å². The Morgan fingerprint density at radius 3 is 0.968 bits per heavy atom. The fraction of sp³-hybridized carbons (Fsp3) is 0.772. The van der Waals surface area contributed by atoms with E-state index >= 15 is 0 Å². The molecule has 0 aliphatic heterocycles. The fourth-order valence-corrected chi connectivity index (χ4v) is 7.54. The lowest BCUT2D eigenvalue weighted by atomic mass is 10.0. The van der Waals surface area contributed by atoms with Crippen molar-refractivity contribution < 1.29 is 28.6 Å². The van der Waals surface area contributed by atoms with Crippen molar-refractivity contribution in [2.24, 2.45) is 0 Å². The van der Waals surface area contributed by atoms with Crippen LogP contribution in [-0.4, -0.2) is 37.2 Å². The highest BCUT2D eigenvalue weighted by Gasteiger charge is 2.19. The van der Waals surface area contributed by atoms with Gasteiger partial charge in [-0.1, -0.05) is 248 Å². The summed E-state index contributed by atoms with van der Waals surface area (Å²) in [4.78, 5) is 38.0. The van der Waals surface area contributed by atoms with E-state index in [2.05, 4.69) is 81.5 Å². The second-order valence-electron chi connectivity index (χ2n) is 17.8. The number of rotatable bonds is 48. The van der Waals surface area contributed by atoms with Gasteiger partial charge in [-0.05, 0) is 57.8 Å². The summed E-state index contributed by atoms with van der Waals surface area (Å²) in [6, 6.07) is 0. The molecule has 6 nitrogen and oxygen atoms in total. The summed E-state index contributed by atoms with van der Waals surface area (Å²) in [6.45, 7) is 6.50. The third kappa shape index (κ3) is 50.0. The van der Waals surface area contributed by atoms with Gasteiger partial charge in [0.2, 0.25) is 0 Å². The highest BCUT2D eigenvalue weighted by Crippen LogP contribution is 2.16. The van der Waals surface area contributed by atoms with Crippen LogP contribution in [0.4, 0.5) is 0 Å². The van der Waals surface area contributed by atoms with E-state index in [1.165, 1.54) is 141 Å². The van der Waals surface area contributed by atoms with E-state index in [1.807, 2.05) is 0 Å². The van der Waals surface area contributed by atoms with Crippen molar-refractivity contribution in [1.82, 2.24) is 0 Å². The Labute approximate surface area is 390 Å². The molecule has 0 saturated heterocycles. The van der Waals surface area contributed by atoms with Crippen LogP contribution in [0.2, 0.25) is 0 Å². The summed E-state index contributed by atoms with van der Waals surface area (Å²) >= 11 is 0. The predicted octanol–water partition coefficient (Wildman–Crippen LogP) is 17.6. The van der Waals surface area contributed by atoms with E-state index in [1.54, 1.807) is 0 Å². The minimum atomic E-state index is -0.792. The number of carbonyl (C=O) groups is 3. The van der Waals surface area contributed by atoms with E-state index in [0.29, 0.717) is 19.3 Å². The smallest absolute Gasteiger partial charge is 0.306 e. The Balaban J connectivity index is 4.44. The van der Waals surface area contributed by atoms with Crippen molar-refractivity contribution in [3.05, 3.63) is 60.8 Å². The molecule has 0 heterocycles. The molecule has 0 aliphatic rings. The lowest BCUT2D eigenvalue weighted by Gasteiger charge is -2.18. The molecular weight excluding hydrogens is 781 g/mol. The van der Waals surface area contributed by atoms with E-state index in [0.717, 1.165) is 77.0 Å². The van der Waals surface area contributed by atoms with Crippen molar-refractivity contribution in [3.63, 3.8) is 0 Å². The summed E-state index contributed by atoms with van der Waals surface area (Å²) in [6.07, 6.45) is 63.5. The maximum atomic E-state index is 12.8. The molecule has 0 unspecified atom stereocenters. The number of hydrogen-bond acceptors (Lipinski definition) is 6. The van der Waals surface area contributed by atoms with Gasteiger partial charge in [0.05, 0.1) is 0 Å². The summed E-state index contributed by atoms with van der Waals surface area (Å²) in [5.41, 5.74) is 0. The maximum absolute atomic E-state index is 12.8. The first-order valence-corrected chi connectivity index (χ1v) is 26.8. The molecule has 0 aromatic rings. The lowest BCUT2D eigenvalue weighted by molar-refractivity contribution is -0.167. The number of ether oxygens (including phenoxy) is 3. The Hall–Kier alpha value is -2.89. The molecule has 0 rings (SSSR count). The molecule has 63 heavy (non-hydrogen) atoms. The van der Waals surface area contributed by atoms with Gasteiger partial charge in [0.25, 0.3) is 0 Å². The second kappa shape index (κ2) is 51.7. The average Bonchev–Trinajstić information content (AvgIpc) is 3.28. The molecule has 1 atom stereocenters. The third-order valence-corrected chi connectivity index (χ3v) is 11.5. The summed E-state index contributed by atoms with van der Waals surface area (Å²) in [5, 5.41) is 0. The van der Waals surface area contributed by atoms with Crippen LogP contribution in [0.15, 0.2) is 60.8 Å². The molecule has 0 bridgehead atoms. The average molecular weight is 881 g/mol. The van der Waals surface area contributed by atoms with Crippen LogP contribution in [0, 0.1) is 0 Å². The zero-order chi connectivity index (χ0) is 45.8. The van der Waals surface area contributed by atoms with E-state index in [-0.39, 0.29) is 37.5 Å². The number of hydrogen-bond donors (Lipinski definition) is 0. The van der Waals surface area contributed by atoms with Crippen LogP contribution in [0.3, 0.4) is 0 Å². The normalized spacial score (nSPS) is 12.5. The summed E-state index contributed by atoms with van der Waals surface area (Å²) in [7, 11) is 0. The van der Waals surface area contributed by atoms with E-state index in [9.17, 15) is 14.4 Å². The Morgan fingerprint density at radius 2 is 0.619 bits per heavy atom. The van der Waals surface area contributed by atoms with Crippen molar-refractivity contribution in [1.29, 1.82) is 0 Å². The van der Waals surface area contributed by atoms with Gasteiger partial charge in [-0.2, -0.15) is 0 Å². The summed E-state index contributed by atoms with van der Waals surface area (Å²) < 4.78 is 16.8. The first-order valence-electron chi connectivity index (χ1n) is 26.8. The molecule has 0 N–H and O–H groups in total. The molecule has 0 aromatic heterocycles. The first kappa shape index (κ1) is 60.1. The molecule has 0 spiro atoms. The highest BCUT2D eigenvalue weighted by molar-refractivity contribution is 5.71. The van der Waals surface area contributed by atoms with Gasteiger partial charge in [-0.3, -0.25) is 14.4 Å². The highest BCUT2D eigenvalue weighted by atomic mass is 16.6. The van der Waals surface area contributed by atoms with Gasteiger partial charge >= 0.3 is 17.9 Å². The molecule has 0 radical (unpaired) electrons. The van der Waals surface area contributed by atoms with E-state index in [4.69, 9.17) is 14.2 Å². The van der Waals surface area contributed by atoms with Crippen molar-refractivity contribution >= 4 is 17.9 Å². The predicted molar refractivity (Wildman–Crippen MR) is 270 cm³/mol. The second-order valence-corrected chi connectivity index (χ2v) is 17.8. The van der Waals surface area contributed by atoms with Gasteiger partial charge in [0, 0.05) is 19.3 Å². The number of carbonyl (C=O) groups excluding carboxylic acids is 3. The van der Waals surface area contributed by atoms with Gasteiger partial charge in [0.1, 0.15) is 13.2 Å². The third-order valence-electron chi connectivity index (χ3n) is 11.5. The van der Waals surface area contributed by atoms with Crippen LogP contribution in [-0.2, 0) is 28.6 Å². The fourth-order valence-electron chi connectivity index (χ4n) is 7.54. The minimum Gasteiger partial charge on any atom is -0.462 e. The quantitative estimate of drug-likeness (QED) is 0.0262. The lowest BCUT2D eigenvalue weighted by Crippen LogP contribution is -2.30. The molecule has 0 aromatic carbocycles. The maximum Gasteiger partial charge on any atom is 0.306 e. The SMILES string of the molecule is CC/C=C/C/C=C/C/C=C/C/C=C/C/C=C/CCCC(=O)OC[C@@H](COC(=O)CCCCCCCCCCCCCCC)OC(=O)CCCCCCCCCCCCCCCCC. The number of esters is 3. The number of unbranched alkanes of at least 4 members (excludes halogenated alkanes) is 27.